The molecule has 4 nitrogen and oxygen atoms in total. The molecule has 4 heteroatoms. The zero-order chi connectivity index (χ0) is 20.7. The van der Waals surface area contributed by atoms with Crippen molar-refractivity contribution < 1.29 is 19.7 Å². The third-order valence-electron chi connectivity index (χ3n) is 4.09. The number of benzene rings is 2. The van der Waals surface area contributed by atoms with Crippen molar-refractivity contribution in [2.45, 2.75) is 32.8 Å². The van der Waals surface area contributed by atoms with E-state index in [9.17, 15) is 15.0 Å². The van der Waals surface area contributed by atoms with Crippen molar-refractivity contribution in [2.75, 3.05) is 0 Å². The van der Waals surface area contributed by atoms with Gasteiger partial charge in [-0.15, -0.1) is 13.2 Å². The van der Waals surface area contributed by atoms with Gasteiger partial charge in [0.05, 0.1) is 6.10 Å². The second-order valence-corrected chi connectivity index (χ2v) is 6.68. The van der Waals surface area contributed by atoms with Crippen LogP contribution in [0.3, 0.4) is 0 Å². The minimum Gasteiger partial charge on any atom is -0.508 e. The molecular weight excluding hydrogens is 352 g/mol. The molecule has 0 aromatic heterocycles. The van der Waals surface area contributed by atoms with Crippen LogP contribution in [0.4, 0.5) is 0 Å². The summed E-state index contributed by atoms with van der Waals surface area (Å²) < 4.78 is 5.97. The largest absolute Gasteiger partial charge is 0.508 e. The van der Waals surface area contributed by atoms with Crippen LogP contribution in [0.1, 0.15) is 40.9 Å². The minimum atomic E-state index is -0.195. The van der Waals surface area contributed by atoms with Crippen molar-refractivity contribution in [2.24, 2.45) is 0 Å². The van der Waals surface area contributed by atoms with Crippen LogP contribution in [0.2, 0.25) is 0 Å². The average molecular weight is 378 g/mol. The number of hydrogen-bond donors (Lipinski definition) is 2. The molecule has 0 bridgehead atoms. The molecule has 0 fully saturated rings. The molecular formula is C24H26O4. The van der Waals surface area contributed by atoms with Gasteiger partial charge < -0.3 is 14.9 Å². The van der Waals surface area contributed by atoms with Gasteiger partial charge in [0, 0.05) is 16.7 Å². The number of hydrogen-bond acceptors (Lipinski definition) is 4. The van der Waals surface area contributed by atoms with E-state index in [2.05, 4.69) is 13.2 Å². The van der Waals surface area contributed by atoms with Crippen molar-refractivity contribution in [1.29, 1.82) is 0 Å². The summed E-state index contributed by atoms with van der Waals surface area (Å²) in [6.45, 7) is 11.3. The van der Waals surface area contributed by atoms with Gasteiger partial charge >= 0.3 is 0 Å². The third-order valence-corrected chi connectivity index (χ3v) is 4.09. The Morgan fingerprint density at radius 2 is 1.75 bits per heavy atom. The first-order chi connectivity index (χ1) is 13.4. The Balaban J connectivity index is 2.52. The van der Waals surface area contributed by atoms with Gasteiger partial charge in [-0.05, 0) is 74.7 Å². The van der Waals surface area contributed by atoms with Gasteiger partial charge in [0.1, 0.15) is 17.2 Å². The van der Waals surface area contributed by atoms with Crippen molar-refractivity contribution in [3.63, 3.8) is 0 Å². The molecule has 0 aliphatic carbocycles. The molecule has 146 valence electrons. The van der Waals surface area contributed by atoms with Gasteiger partial charge in [-0.1, -0.05) is 12.2 Å². The quantitative estimate of drug-likeness (QED) is 0.356. The van der Waals surface area contributed by atoms with E-state index in [0.717, 1.165) is 0 Å². The van der Waals surface area contributed by atoms with Crippen molar-refractivity contribution in [1.82, 2.24) is 0 Å². The van der Waals surface area contributed by atoms with Crippen LogP contribution >= 0.6 is 0 Å². The summed E-state index contributed by atoms with van der Waals surface area (Å²) in [7, 11) is 0. The van der Waals surface area contributed by atoms with Crippen molar-refractivity contribution >= 4 is 11.9 Å². The average Bonchev–Trinajstić information content (AvgIpc) is 2.66. The number of ketones is 1. The van der Waals surface area contributed by atoms with E-state index in [0.29, 0.717) is 40.8 Å². The Morgan fingerprint density at radius 1 is 1.11 bits per heavy atom. The molecule has 28 heavy (non-hydrogen) atoms. The topological polar surface area (TPSA) is 66.8 Å². The Labute approximate surface area is 166 Å². The fraction of sp³-hybridized carbons (Fsp3) is 0.208. The van der Waals surface area contributed by atoms with Crippen LogP contribution in [0.15, 0.2) is 61.7 Å². The number of phenols is 2. The maximum Gasteiger partial charge on any atom is 0.185 e. The van der Waals surface area contributed by atoms with E-state index in [1.54, 1.807) is 30.4 Å². The molecule has 0 aliphatic heterocycles. The molecule has 0 atom stereocenters. The SMILES string of the molecule is C=CCc1cc(/C=C/C(=O)c2ccc(O)cc2)c(OC(C)C)c(CC=C)c1O. The number of carbonyl (C=O) groups excluding carboxylic acids is 1. The molecule has 0 amide bonds. The first-order valence-electron chi connectivity index (χ1n) is 9.15. The zero-order valence-corrected chi connectivity index (χ0v) is 16.3. The summed E-state index contributed by atoms with van der Waals surface area (Å²) in [5, 5.41) is 20.0. The molecule has 0 radical (unpaired) electrons. The molecule has 0 heterocycles. The Morgan fingerprint density at radius 3 is 2.32 bits per heavy atom. The molecule has 0 unspecified atom stereocenters. The smallest absolute Gasteiger partial charge is 0.185 e. The van der Waals surface area contributed by atoms with Crippen LogP contribution in [0.25, 0.3) is 6.08 Å². The zero-order valence-electron chi connectivity index (χ0n) is 16.3. The van der Waals surface area contributed by atoms with E-state index < -0.39 is 0 Å². The van der Waals surface area contributed by atoms with Gasteiger partial charge in [0.2, 0.25) is 0 Å². The maximum atomic E-state index is 12.5. The number of ether oxygens (including phenoxy) is 1. The molecule has 2 rings (SSSR count). The van der Waals surface area contributed by atoms with Gasteiger partial charge in [0.15, 0.2) is 5.78 Å². The van der Waals surface area contributed by atoms with E-state index in [-0.39, 0.29) is 23.4 Å². The minimum absolute atomic E-state index is 0.104. The van der Waals surface area contributed by atoms with Crippen LogP contribution in [-0.4, -0.2) is 22.1 Å². The van der Waals surface area contributed by atoms with E-state index in [4.69, 9.17) is 4.74 Å². The van der Waals surface area contributed by atoms with Crippen LogP contribution < -0.4 is 4.74 Å². The van der Waals surface area contributed by atoms with Gasteiger partial charge in [0.25, 0.3) is 0 Å². The predicted molar refractivity (Wildman–Crippen MR) is 113 cm³/mol. The highest BCUT2D eigenvalue weighted by atomic mass is 16.5. The van der Waals surface area contributed by atoms with Crippen LogP contribution in [-0.2, 0) is 12.8 Å². The Kier molecular flexibility index (Phi) is 7.21. The molecule has 0 saturated heterocycles. The molecule has 0 saturated carbocycles. The highest BCUT2D eigenvalue weighted by Gasteiger charge is 2.18. The van der Waals surface area contributed by atoms with Crippen molar-refractivity contribution in [3.8, 4) is 17.2 Å². The lowest BCUT2D eigenvalue weighted by Crippen LogP contribution is -2.10. The summed E-state index contributed by atoms with van der Waals surface area (Å²) in [5.74, 6) is 0.612. The molecule has 2 aromatic rings. The molecule has 0 spiro atoms. The first kappa shape index (κ1) is 21.0. The van der Waals surface area contributed by atoms with Crippen molar-refractivity contribution in [3.05, 3.63) is 84.0 Å². The summed E-state index contributed by atoms with van der Waals surface area (Å²) >= 11 is 0. The fourth-order valence-electron chi connectivity index (χ4n) is 2.83. The van der Waals surface area contributed by atoms with E-state index in [1.807, 2.05) is 19.9 Å². The second kappa shape index (κ2) is 9.60. The lowest BCUT2D eigenvalue weighted by Gasteiger charge is -2.19. The molecule has 2 N–H and O–H groups in total. The third kappa shape index (κ3) is 5.13. The molecule has 2 aromatic carbocycles. The van der Waals surface area contributed by atoms with Gasteiger partial charge in [-0.2, -0.15) is 0 Å². The first-order valence-corrected chi connectivity index (χ1v) is 9.15. The van der Waals surface area contributed by atoms with E-state index >= 15 is 0 Å². The summed E-state index contributed by atoms with van der Waals surface area (Å²) in [4.78, 5) is 12.5. The molecule has 0 aliphatic rings. The van der Waals surface area contributed by atoms with Crippen LogP contribution in [0, 0.1) is 0 Å². The summed E-state index contributed by atoms with van der Waals surface area (Å²) in [5.41, 5.74) is 2.52. The number of allylic oxidation sites excluding steroid dienone is 3. The Bertz CT molecular complexity index is 890. The maximum absolute atomic E-state index is 12.5. The standard InChI is InChI=1S/C24H26O4/c1-5-7-18-15-19(11-14-22(26)17-9-12-20(25)13-10-17)24(28-16(3)4)21(8-6-2)23(18)27/h5-6,9-16,25,27H,1-2,7-8H2,3-4H3/b14-11+. The fourth-order valence-corrected chi connectivity index (χ4v) is 2.83. The lowest BCUT2D eigenvalue weighted by molar-refractivity contribution is 0.104. The number of phenolic OH excluding ortho intramolecular Hbond substituents is 2. The summed E-state index contributed by atoms with van der Waals surface area (Å²) in [6, 6.07) is 7.88. The lowest BCUT2D eigenvalue weighted by atomic mass is 9.97. The highest BCUT2D eigenvalue weighted by Crippen LogP contribution is 2.37. The normalized spacial score (nSPS) is 11.0. The second-order valence-electron chi connectivity index (χ2n) is 6.68. The highest BCUT2D eigenvalue weighted by molar-refractivity contribution is 6.07. The van der Waals surface area contributed by atoms with Gasteiger partial charge in [-0.3, -0.25) is 4.79 Å². The number of aromatic hydroxyl groups is 2. The van der Waals surface area contributed by atoms with E-state index in [1.165, 1.54) is 18.2 Å². The number of carbonyl (C=O) groups is 1. The monoisotopic (exact) mass is 378 g/mol. The Hall–Kier alpha value is -3.27. The number of rotatable bonds is 9. The summed E-state index contributed by atoms with van der Waals surface area (Å²) in [6.07, 6.45) is 7.39. The van der Waals surface area contributed by atoms with Gasteiger partial charge in [-0.25, -0.2) is 0 Å². The van der Waals surface area contributed by atoms with Crippen LogP contribution in [0.5, 0.6) is 17.2 Å². The predicted octanol–water partition coefficient (Wildman–Crippen LogP) is 5.24.